The predicted octanol–water partition coefficient (Wildman–Crippen LogP) is 4.26. The average molecular weight is 1190 g/mol. The number of allylic oxidation sites excluding steroid dienone is 5. The summed E-state index contributed by atoms with van der Waals surface area (Å²) in [6, 6.07) is 0. The van der Waals surface area contributed by atoms with E-state index in [-0.39, 0.29) is 6.42 Å². The lowest BCUT2D eigenvalue weighted by Gasteiger charge is -2.49. The van der Waals surface area contributed by atoms with Gasteiger partial charge in [0.2, 0.25) is 0 Å². The highest BCUT2D eigenvalue weighted by Crippen LogP contribution is 2.49. The van der Waals surface area contributed by atoms with Gasteiger partial charge in [0.25, 0.3) is 0 Å². The van der Waals surface area contributed by atoms with E-state index < -0.39 is 150 Å². The molecule has 0 aromatic heterocycles. The summed E-state index contributed by atoms with van der Waals surface area (Å²) in [6.07, 6.45) is 3.31. The fourth-order valence-electron chi connectivity index (χ4n) is 9.79. The molecule has 0 spiro atoms. The third-order valence-corrected chi connectivity index (χ3v) is 15.8. The maximum Gasteiger partial charge on any atom is 0.472 e. The van der Waals surface area contributed by atoms with Crippen LogP contribution in [0.25, 0.3) is 0 Å². The number of carbonyl (C=O) groups excluding carboxylic acids is 2. The van der Waals surface area contributed by atoms with Crippen molar-refractivity contribution in [3.8, 4) is 0 Å². The van der Waals surface area contributed by atoms with Crippen molar-refractivity contribution in [2.75, 3.05) is 26.4 Å². The van der Waals surface area contributed by atoms with Gasteiger partial charge in [-0.25, -0.2) is 9.36 Å². The van der Waals surface area contributed by atoms with E-state index in [2.05, 4.69) is 26.0 Å². The van der Waals surface area contributed by atoms with E-state index in [0.717, 1.165) is 76.7 Å². The van der Waals surface area contributed by atoms with Crippen LogP contribution in [0, 0.1) is 0 Å². The van der Waals surface area contributed by atoms with Gasteiger partial charge >= 0.3 is 19.8 Å². The molecule has 1 aliphatic carbocycles. The van der Waals surface area contributed by atoms with Crippen molar-refractivity contribution in [3.63, 3.8) is 0 Å². The number of aliphatic hydroxyl groups excluding tert-OH is 11. The summed E-state index contributed by atoms with van der Waals surface area (Å²) in [6.45, 7) is 0.874. The van der Waals surface area contributed by atoms with Gasteiger partial charge in [0, 0.05) is 12.5 Å². The van der Waals surface area contributed by atoms with E-state index in [4.69, 9.17) is 37.5 Å². The van der Waals surface area contributed by atoms with Crippen LogP contribution in [0.2, 0.25) is 0 Å². The molecule has 16 unspecified atom stereocenters. The van der Waals surface area contributed by atoms with E-state index >= 15 is 0 Å². The predicted molar refractivity (Wildman–Crippen MR) is 296 cm³/mol. The molecule has 81 heavy (non-hydrogen) atoms. The Morgan fingerprint density at radius 1 is 0.494 bits per heavy atom. The van der Waals surface area contributed by atoms with Crippen molar-refractivity contribution in [1.29, 1.82) is 0 Å². The molecule has 3 fully saturated rings. The zero-order valence-electron chi connectivity index (χ0n) is 47.8. The van der Waals surface area contributed by atoms with Crippen molar-refractivity contribution in [2.24, 2.45) is 0 Å². The number of rotatable bonds is 43. The largest absolute Gasteiger partial charge is 0.472 e. The Kier molecular flexibility index (Phi) is 37.5. The summed E-state index contributed by atoms with van der Waals surface area (Å²) < 4.78 is 57.9. The zero-order valence-corrected chi connectivity index (χ0v) is 48.7. The minimum absolute atomic E-state index is 0.0568. The molecule has 0 radical (unpaired) electrons. The molecular weight excluding hydrogens is 1080 g/mol. The minimum Gasteiger partial charge on any atom is -0.458 e. The van der Waals surface area contributed by atoms with Gasteiger partial charge in [-0.15, -0.1) is 0 Å². The lowest BCUT2D eigenvalue weighted by atomic mass is 9.84. The first-order chi connectivity index (χ1) is 38.9. The molecule has 472 valence electrons. The molecule has 12 N–H and O–H groups in total. The molecule has 16 atom stereocenters. The summed E-state index contributed by atoms with van der Waals surface area (Å²) >= 11 is 0. The van der Waals surface area contributed by atoms with E-state index in [1.807, 2.05) is 6.08 Å². The van der Waals surface area contributed by atoms with Crippen LogP contribution in [-0.4, -0.2) is 204 Å². The lowest BCUT2D eigenvalue weighted by Crippen LogP contribution is -2.69. The average Bonchev–Trinajstić information content (AvgIpc) is 3.59. The number of aliphatic hydroxyl groups is 11. The Morgan fingerprint density at radius 2 is 0.901 bits per heavy atom. The Balaban J connectivity index is 1.72. The molecule has 3 aliphatic rings. The fourth-order valence-corrected chi connectivity index (χ4v) is 10.8. The van der Waals surface area contributed by atoms with Gasteiger partial charge in [0.1, 0.15) is 92.1 Å². The Bertz CT molecular complexity index is 1750. The second-order valence-electron chi connectivity index (χ2n) is 21.6. The maximum absolute atomic E-state index is 14.0. The van der Waals surface area contributed by atoms with Gasteiger partial charge in [-0.05, 0) is 44.9 Å². The molecule has 24 heteroatoms. The quantitative estimate of drug-likeness (QED) is 0.0101. The molecule has 0 aromatic carbocycles. The van der Waals surface area contributed by atoms with Crippen LogP contribution in [0.5, 0.6) is 0 Å². The highest BCUT2D eigenvalue weighted by Gasteiger charge is 2.58. The van der Waals surface area contributed by atoms with Gasteiger partial charge in [-0.2, -0.15) is 0 Å². The van der Waals surface area contributed by atoms with Gasteiger partial charge in [0.05, 0.1) is 19.8 Å². The fraction of sp³-hybridized carbons (Fsp3) is 0.860. The molecular formula is C57H101O23P. The molecule has 1 saturated carbocycles. The molecule has 3 rings (SSSR count). The number of carbonyl (C=O) groups is 2. The summed E-state index contributed by atoms with van der Waals surface area (Å²) in [7, 11) is -5.66. The number of phosphoric ester groups is 1. The number of ether oxygens (including phenoxy) is 6. The molecule has 2 heterocycles. The number of phosphoric acid groups is 1. The molecule has 23 nitrogen and oxygen atoms in total. The third-order valence-electron chi connectivity index (χ3n) is 14.8. The second-order valence-corrected chi connectivity index (χ2v) is 23.0. The molecule has 2 aliphatic heterocycles. The van der Waals surface area contributed by atoms with Crippen molar-refractivity contribution in [2.45, 2.75) is 285 Å². The SMILES string of the molecule is CCCCCCC=CCCCCCCCCCC(=O)OC(COC(=O)C=CC=CCCCCCCCCCCCCC)COP(=O)(O)OC1C(OC2OC(CO)C(O)C(O)C2O)C(O)C(O)C(O)C1OC1OC(CO)C(O)C(O)C1O. The number of esters is 2. The summed E-state index contributed by atoms with van der Waals surface area (Å²) in [5, 5.41) is 117. The maximum atomic E-state index is 14.0. The van der Waals surface area contributed by atoms with Crippen molar-refractivity contribution < 1.29 is 113 Å². The van der Waals surface area contributed by atoms with Crippen LogP contribution in [0.1, 0.15) is 181 Å². The first kappa shape index (κ1) is 72.9. The standard InChI is InChI=1S/C57H101O23P/c1-3-5-7-9-11-13-15-17-19-21-23-25-27-29-31-33-42(60)73-37-39(75-43(61)34-32-30-28-26-24-22-20-18-16-14-12-10-8-6-4-2)38-74-81(71,72)80-55-53(78-56-51(69)46(64)44(62)40(35-58)76-56)49(67)48(66)50(68)54(55)79-57-52(70)47(65)45(63)41(36-59)77-57/h14,16,27,29,31,33,39-41,44-59,62-70H,3-13,15,17-26,28,30,32,34-38H2,1-2H3,(H,71,72). The van der Waals surface area contributed by atoms with E-state index in [9.17, 15) is 75.2 Å². The lowest BCUT2D eigenvalue weighted by molar-refractivity contribution is -0.360. The topological polar surface area (TPSA) is 368 Å². The second kappa shape index (κ2) is 41.7. The Hall–Kier alpha value is -2.33. The van der Waals surface area contributed by atoms with Crippen LogP contribution >= 0.6 is 7.82 Å². The molecule has 2 saturated heterocycles. The van der Waals surface area contributed by atoms with Gasteiger partial charge in [-0.3, -0.25) is 13.8 Å². The minimum atomic E-state index is -5.66. The number of unbranched alkanes of at least 4 members (excludes halogenated alkanes) is 22. The van der Waals surface area contributed by atoms with E-state index in [1.54, 1.807) is 6.08 Å². The van der Waals surface area contributed by atoms with E-state index in [0.29, 0.717) is 12.8 Å². The number of hydrogen-bond acceptors (Lipinski definition) is 22. The monoisotopic (exact) mass is 1180 g/mol. The first-order valence-corrected chi connectivity index (χ1v) is 31.4. The highest BCUT2D eigenvalue weighted by atomic mass is 31.2. The van der Waals surface area contributed by atoms with Crippen molar-refractivity contribution in [1.82, 2.24) is 0 Å². The van der Waals surface area contributed by atoms with Crippen molar-refractivity contribution >= 4 is 19.8 Å². The third kappa shape index (κ3) is 27.3. The summed E-state index contributed by atoms with van der Waals surface area (Å²) in [4.78, 5) is 37.4. The van der Waals surface area contributed by atoms with Gasteiger partial charge in [0.15, 0.2) is 18.7 Å². The Labute approximate surface area is 478 Å². The number of hydrogen-bond donors (Lipinski definition) is 12. The van der Waals surface area contributed by atoms with Crippen molar-refractivity contribution in [3.05, 3.63) is 36.5 Å². The Morgan fingerprint density at radius 3 is 1.36 bits per heavy atom. The summed E-state index contributed by atoms with van der Waals surface area (Å²) in [5.74, 6) is -1.59. The van der Waals surface area contributed by atoms with E-state index in [1.165, 1.54) is 83.1 Å². The van der Waals surface area contributed by atoms with Crippen LogP contribution < -0.4 is 0 Å². The van der Waals surface area contributed by atoms with Crippen LogP contribution in [-0.2, 0) is 51.6 Å². The molecule has 0 bridgehead atoms. The molecule has 0 aromatic rings. The summed E-state index contributed by atoms with van der Waals surface area (Å²) in [5.41, 5.74) is 0. The van der Waals surface area contributed by atoms with Crippen LogP contribution in [0.4, 0.5) is 0 Å². The zero-order chi connectivity index (χ0) is 59.6. The molecule has 0 amide bonds. The smallest absolute Gasteiger partial charge is 0.458 e. The van der Waals surface area contributed by atoms with Gasteiger partial charge < -0.3 is 89.5 Å². The van der Waals surface area contributed by atoms with Gasteiger partial charge in [-0.1, -0.05) is 160 Å². The van der Waals surface area contributed by atoms with Crippen LogP contribution in [0.15, 0.2) is 36.5 Å². The van der Waals surface area contributed by atoms with Crippen LogP contribution in [0.3, 0.4) is 0 Å². The first-order valence-electron chi connectivity index (χ1n) is 29.9. The normalized spacial score (nSPS) is 31.2. The highest BCUT2D eigenvalue weighted by molar-refractivity contribution is 7.47.